The maximum Gasteiger partial charge on any atom is 0.302 e. The highest BCUT2D eigenvalue weighted by Gasteiger charge is 2.49. The molecule has 5 nitrogen and oxygen atoms in total. The van der Waals surface area contributed by atoms with Gasteiger partial charge in [-0.05, 0) is 44.9 Å². The first-order chi connectivity index (χ1) is 10.1. The number of carbonyl (C=O) groups is 2. The molecule has 2 rings (SSSR count). The predicted molar refractivity (Wildman–Crippen MR) is 81.0 cm³/mol. The summed E-state index contributed by atoms with van der Waals surface area (Å²) in [5.74, 6) is -0.854. The predicted octanol–water partition coefficient (Wildman–Crippen LogP) is 1.61. The summed E-state index contributed by atoms with van der Waals surface area (Å²) in [4.78, 5) is 23.4. The van der Waals surface area contributed by atoms with E-state index < -0.39 is 23.1 Å². The fourth-order valence-corrected chi connectivity index (χ4v) is 3.95. The molecule has 0 aromatic heterocycles. The zero-order valence-electron chi connectivity index (χ0n) is 13.5. The Morgan fingerprint density at radius 3 is 2.64 bits per heavy atom. The number of esters is 1. The summed E-state index contributed by atoms with van der Waals surface area (Å²) >= 11 is 0. The van der Waals surface area contributed by atoms with E-state index in [1.54, 1.807) is 13.0 Å². The van der Waals surface area contributed by atoms with Crippen molar-refractivity contribution in [3.8, 4) is 0 Å². The number of rotatable bonds is 4. The summed E-state index contributed by atoms with van der Waals surface area (Å²) in [6, 6.07) is 0. The minimum Gasteiger partial charge on any atom is -0.465 e. The Labute approximate surface area is 131 Å². The minimum atomic E-state index is -1.18. The monoisotopic (exact) mass is 310 g/mol. The first-order valence-electron chi connectivity index (χ1n) is 7.92. The molecule has 0 saturated heterocycles. The van der Waals surface area contributed by atoms with E-state index in [0.717, 1.165) is 0 Å². The van der Waals surface area contributed by atoms with Crippen LogP contribution in [0.15, 0.2) is 12.2 Å². The number of hydrogen-bond donors (Lipinski definition) is 2. The second-order valence-electron chi connectivity index (χ2n) is 7.19. The third-order valence-electron chi connectivity index (χ3n) is 4.98. The van der Waals surface area contributed by atoms with Crippen molar-refractivity contribution < 1.29 is 24.5 Å². The lowest BCUT2D eigenvalue weighted by Crippen LogP contribution is -2.51. The Hall–Kier alpha value is -1.20. The normalized spacial score (nSPS) is 40.9. The van der Waals surface area contributed by atoms with Gasteiger partial charge in [0.15, 0.2) is 0 Å². The summed E-state index contributed by atoms with van der Waals surface area (Å²) in [7, 11) is 0. The van der Waals surface area contributed by atoms with E-state index in [0.29, 0.717) is 19.3 Å². The van der Waals surface area contributed by atoms with Crippen LogP contribution in [0.1, 0.15) is 46.5 Å². The van der Waals surface area contributed by atoms with Crippen LogP contribution in [-0.4, -0.2) is 39.8 Å². The van der Waals surface area contributed by atoms with Crippen molar-refractivity contribution in [3.63, 3.8) is 0 Å². The van der Waals surface area contributed by atoms with Crippen LogP contribution in [-0.2, 0) is 14.3 Å². The number of carbonyl (C=O) groups excluding carboxylic acids is 2. The van der Waals surface area contributed by atoms with Crippen molar-refractivity contribution in [2.45, 2.75) is 57.7 Å². The molecule has 0 aliphatic heterocycles. The fraction of sp³-hybridized carbons (Fsp3) is 0.765. The van der Waals surface area contributed by atoms with Gasteiger partial charge in [-0.1, -0.05) is 12.2 Å². The molecule has 0 radical (unpaired) electrons. The molecule has 0 amide bonds. The Morgan fingerprint density at radius 2 is 2.00 bits per heavy atom. The molecule has 0 aromatic rings. The second kappa shape index (κ2) is 6.13. The number of Topliss-reactive ketones (excluding diaryl/α,β-unsaturated/α-hetero) is 1. The second-order valence-corrected chi connectivity index (χ2v) is 7.19. The van der Waals surface area contributed by atoms with E-state index >= 15 is 0 Å². The number of allylic oxidation sites excluding steroid dienone is 1. The lowest BCUT2D eigenvalue weighted by atomic mass is 9.59. The van der Waals surface area contributed by atoms with Crippen molar-refractivity contribution in [2.75, 3.05) is 6.61 Å². The van der Waals surface area contributed by atoms with Gasteiger partial charge in [0.2, 0.25) is 0 Å². The first kappa shape index (κ1) is 17.2. The van der Waals surface area contributed by atoms with Crippen molar-refractivity contribution >= 4 is 11.8 Å². The van der Waals surface area contributed by atoms with E-state index in [1.165, 1.54) is 6.92 Å². The molecule has 2 aliphatic rings. The van der Waals surface area contributed by atoms with Crippen LogP contribution in [0.2, 0.25) is 0 Å². The van der Waals surface area contributed by atoms with Crippen molar-refractivity contribution in [3.05, 3.63) is 12.2 Å². The average Bonchev–Trinajstić information content (AvgIpc) is 2.37. The Kier molecular flexibility index (Phi) is 4.78. The van der Waals surface area contributed by atoms with Crippen LogP contribution < -0.4 is 0 Å². The highest BCUT2D eigenvalue weighted by atomic mass is 16.5. The third kappa shape index (κ3) is 3.76. The number of aliphatic hydroxyl groups is 2. The highest BCUT2D eigenvalue weighted by molar-refractivity contribution is 5.83. The number of ketones is 1. The van der Waals surface area contributed by atoms with Crippen molar-refractivity contribution in [1.82, 2.24) is 0 Å². The van der Waals surface area contributed by atoms with Gasteiger partial charge in [-0.15, -0.1) is 0 Å². The Morgan fingerprint density at radius 1 is 1.32 bits per heavy atom. The number of ether oxygens (including phenoxy) is 1. The largest absolute Gasteiger partial charge is 0.465 e. The maximum absolute atomic E-state index is 12.6. The first-order valence-corrected chi connectivity index (χ1v) is 7.92. The molecule has 2 aliphatic carbocycles. The zero-order valence-corrected chi connectivity index (χ0v) is 13.5. The van der Waals surface area contributed by atoms with E-state index in [4.69, 9.17) is 4.74 Å². The van der Waals surface area contributed by atoms with E-state index in [2.05, 4.69) is 0 Å². The third-order valence-corrected chi connectivity index (χ3v) is 4.98. The van der Waals surface area contributed by atoms with Gasteiger partial charge in [-0.2, -0.15) is 0 Å². The van der Waals surface area contributed by atoms with Gasteiger partial charge in [0.05, 0.1) is 23.7 Å². The van der Waals surface area contributed by atoms with Gasteiger partial charge in [0.25, 0.3) is 0 Å². The molecule has 124 valence electrons. The lowest BCUT2D eigenvalue weighted by molar-refractivity contribution is -0.144. The molecule has 5 unspecified atom stereocenters. The van der Waals surface area contributed by atoms with Crippen LogP contribution >= 0.6 is 0 Å². The van der Waals surface area contributed by atoms with Crippen LogP contribution in [0.25, 0.3) is 0 Å². The van der Waals surface area contributed by atoms with Gasteiger partial charge < -0.3 is 14.9 Å². The maximum atomic E-state index is 12.6. The average molecular weight is 310 g/mol. The molecule has 0 bridgehead atoms. The zero-order chi connectivity index (χ0) is 16.5. The fourth-order valence-electron chi connectivity index (χ4n) is 3.95. The molecular formula is C17H26O5. The van der Waals surface area contributed by atoms with Gasteiger partial charge in [-0.25, -0.2) is 0 Å². The molecule has 5 atom stereocenters. The van der Waals surface area contributed by atoms with Gasteiger partial charge in [0.1, 0.15) is 5.78 Å². The van der Waals surface area contributed by atoms with E-state index in [-0.39, 0.29) is 30.6 Å². The van der Waals surface area contributed by atoms with Crippen LogP contribution in [0.5, 0.6) is 0 Å². The lowest BCUT2D eigenvalue weighted by Gasteiger charge is -2.48. The molecular weight excluding hydrogens is 284 g/mol. The van der Waals surface area contributed by atoms with E-state index in [9.17, 15) is 19.8 Å². The Bertz CT molecular complexity index is 477. The molecule has 2 N–H and O–H groups in total. The highest BCUT2D eigenvalue weighted by Crippen LogP contribution is 2.47. The van der Waals surface area contributed by atoms with Crippen LogP contribution in [0.3, 0.4) is 0 Å². The van der Waals surface area contributed by atoms with E-state index in [1.807, 2.05) is 13.0 Å². The van der Waals surface area contributed by atoms with Gasteiger partial charge in [-0.3, -0.25) is 9.59 Å². The standard InChI is InChI=1S/C17H26O5/c1-11(18)22-9-6-14(19)15-13-5-7-16(2,20)10-12(13)4-8-17(15,3)21/h4,8,12-13,15,20-21H,5-7,9-10H2,1-3H3. The summed E-state index contributed by atoms with van der Waals surface area (Å²) in [5.41, 5.74) is -1.89. The van der Waals surface area contributed by atoms with Crippen molar-refractivity contribution in [1.29, 1.82) is 0 Å². The minimum absolute atomic E-state index is 0.0325. The van der Waals surface area contributed by atoms with Gasteiger partial charge in [0, 0.05) is 13.3 Å². The quantitative estimate of drug-likeness (QED) is 0.609. The smallest absolute Gasteiger partial charge is 0.302 e. The Balaban J connectivity index is 2.12. The van der Waals surface area contributed by atoms with Crippen LogP contribution in [0.4, 0.5) is 0 Å². The summed E-state index contributed by atoms with van der Waals surface area (Å²) in [6.07, 6.45) is 5.69. The molecule has 1 saturated carbocycles. The molecule has 22 heavy (non-hydrogen) atoms. The topological polar surface area (TPSA) is 83.8 Å². The molecule has 0 heterocycles. The summed E-state index contributed by atoms with van der Waals surface area (Å²) in [5, 5.41) is 20.8. The number of hydrogen-bond acceptors (Lipinski definition) is 5. The molecule has 0 aromatic carbocycles. The number of fused-ring (bicyclic) bond motifs is 1. The summed E-state index contributed by atoms with van der Waals surface area (Å²) in [6.45, 7) is 4.84. The van der Waals surface area contributed by atoms with Crippen LogP contribution in [0, 0.1) is 17.8 Å². The summed E-state index contributed by atoms with van der Waals surface area (Å²) < 4.78 is 4.84. The SMILES string of the molecule is CC(=O)OCCC(=O)C1C2CCC(C)(O)CC2C=CC1(C)O. The van der Waals surface area contributed by atoms with Crippen molar-refractivity contribution in [2.24, 2.45) is 17.8 Å². The molecule has 5 heteroatoms. The molecule has 1 fully saturated rings. The molecule has 0 spiro atoms. The van der Waals surface area contributed by atoms with Gasteiger partial charge >= 0.3 is 5.97 Å².